The molecule has 5 aromatic rings. The number of nitro benzene ring substituents is 1. The zero-order valence-corrected chi connectivity index (χ0v) is 22.9. The predicted octanol–water partition coefficient (Wildman–Crippen LogP) is 6.13. The highest BCUT2D eigenvalue weighted by Crippen LogP contribution is 2.31. The summed E-state index contributed by atoms with van der Waals surface area (Å²) in [7, 11) is 0. The monoisotopic (exact) mass is 565 g/mol. The Morgan fingerprint density at radius 3 is 2.33 bits per heavy atom. The molecule has 11 heteroatoms. The molecule has 0 amide bonds. The maximum Gasteiger partial charge on any atom is 0.269 e. The van der Waals surface area contributed by atoms with Crippen molar-refractivity contribution in [2.24, 2.45) is 10.8 Å². The quantitative estimate of drug-likeness (QED) is 0.100. The molecule has 0 aliphatic rings. The van der Waals surface area contributed by atoms with Crippen molar-refractivity contribution in [1.82, 2.24) is 20.2 Å². The van der Waals surface area contributed by atoms with Gasteiger partial charge in [-0.05, 0) is 49.0 Å². The Morgan fingerprint density at radius 2 is 1.70 bits per heavy atom. The van der Waals surface area contributed by atoms with E-state index in [4.69, 9.17) is 28.0 Å². The number of thiazole rings is 1. The topological polar surface area (TPSA) is 124 Å². The van der Waals surface area contributed by atoms with E-state index in [2.05, 4.69) is 16.6 Å². The van der Waals surface area contributed by atoms with Crippen molar-refractivity contribution in [3.05, 3.63) is 123 Å². The smallest absolute Gasteiger partial charge is 0.269 e. The molecule has 0 radical (unpaired) electrons. The van der Waals surface area contributed by atoms with Crippen molar-refractivity contribution >= 4 is 46.1 Å². The first-order chi connectivity index (χ1) is 19.4. The van der Waals surface area contributed by atoms with Gasteiger partial charge < -0.3 is 5.73 Å². The second kappa shape index (κ2) is 11.8. The minimum Gasteiger partial charge on any atom is -0.375 e. The zero-order chi connectivity index (χ0) is 28.1. The summed E-state index contributed by atoms with van der Waals surface area (Å²) in [5.74, 6) is 0. The van der Waals surface area contributed by atoms with Crippen LogP contribution >= 0.6 is 23.6 Å². The van der Waals surface area contributed by atoms with Crippen molar-refractivity contribution in [2.45, 2.75) is 6.92 Å². The molecule has 0 spiro atoms. The third-order valence-electron chi connectivity index (χ3n) is 5.87. The molecule has 0 bridgehead atoms. The average Bonchev–Trinajstić information content (AvgIpc) is 3.58. The number of nitrogens with zero attached hydrogens (tertiary/aromatic N) is 5. The highest BCUT2D eigenvalue weighted by molar-refractivity contribution is 7.80. The molecule has 0 saturated carbocycles. The number of non-ortho nitro benzene ring substituents is 1. The van der Waals surface area contributed by atoms with E-state index in [0.717, 1.165) is 38.6 Å². The van der Waals surface area contributed by atoms with Gasteiger partial charge in [0.25, 0.3) is 5.69 Å². The van der Waals surface area contributed by atoms with Crippen LogP contribution in [0.3, 0.4) is 0 Å². The van der Waals surface area contributed by atoms with Crippen LogP contribution in [-0.2, 0) is 0 Å². The Hall–Kier alpha value is -5.00. The van der Waals surface area contributed by atoms with Gasteiger partial charge in [-0.2, -0.15) is 10.2 Å². The zero-order valence-electron chi connectivity index (χ0n) is 21.3. The lowest BCUT2D eigenvalue weighted by atomic mass is 10.1. The van der Waals surface area contributed by atoms with Crippen LogP contribution in [-0.4, -0.2) is 30.5 Å². The van der Waals surface area contributed by atoms with Crippen molar-refractivity contribution < 1.29 is 4.92 Å². The SMILES string of the molecule is Cc1nc(-n2nc(-c3ccccc3)cc2-c2ccccc2)sc1C(/C=C/c1ccc([N+](=O)[O-])cc1)=N/NC(N)=S. The van der Waals surface area contributed by atoms with Gasteiger partial charge in [-0.15, -0.1) is 0 Å². The number of allylic oxidation sites excluding steroid dienone is 1. The Kier molecular flexibility index (Phi) is 7.85. The molecule has 3 aromatic carbocycles. The lowest BCUT2D eigenvalue weighted by Gasteiger charge is -2.04. The van der Waals surface area contributed by atoms with Crippen LogP contribution < -0.4 is 11.2 Å². The molecule has 198 valence electrons. The molecular formula is C29H23N7O2S2. The number of nitrogens with one attached hydrogen (secondary N) is 1. The highest BCUT2D eigenvalue weighted by Gasteiger charge is 2.19. The van der Waals surface area contributed by atoms with Crippen LogP contribution in [0.25, 0.3) is 33.7 Å². The first-order valence-corrected chi connectivity index (χ1v) is 13.4. The molecule has 3 N–H and O–H groups in total. The Labute approximate surface area is 239 Å². The molecule has 0 aliphatic heterocycles. The van der Waals surface area contributed by atoms with E-state index in [-0.39, 0.29) is 10.8 Å². The van der Waals surface area contributed by atoms with Gasteiger partial charge in [0.15, 0.2) is 5.11 Å². The van der Waals surface area contributed by atoms with E-state index in [1.54, 1.807) is 24.3 Å². The summed E-state index contributed by atoms with van der Waals surface area (Å²) in [5.41, 5.74) is 14.1. The van der Waals surface area contributed by atoms with Gasteiger partial charge in [0.1, 0.15) is 5.71 Å². The highest BCUT2D eigenvalue weighted by atomic mass is 32.1. The molecule has 0 saturated heterocycles. The van der Waals surface area contributed by atoms with Crippen LogP contribution in [0.1, 0.15) is 16.1 Å². The Balaban J connectivity index is 1.56. The van der Waals surface area contributed by atoms with Gasteiger partial charge in [-0.25, -0.2) is 9.67 Å². The molecule has 0 aliphatic carbocycles. The summed E-state index contributed by atoms with van der Waals surface area (Å²) in [6, 6.07) is 28.3. The molecule has 40 heavy (non-hydrogen) atoms. The number of nitro groups is 1. The molecule has 0 atom stereocenters. The third kappa shape index (κ3) is 6.01. The number of thiocarbonyl (C=S) groups is 1. The standard InChI is InChI=1S/C29H23N7O2S2/c1-19-27(24(32-33-28(30)39)17-14-20-12-15-23(16-13-20)36(37)38)40-29(31-19)35-26(22-10-6-3-7-11-22)18-25(34-35)21-8-4-2-5-9-21/h2-18H,1H3,(H3,30,33,39)/b17-14+,32-24+. The normalized spacial score (nSPS) is 11.6. The largest absolute Gasteiger partial charge is 0.375 e. The summed E-state index contributed by atoms with van der Waals surface area (Å²) >= 11 is 6.39. The summed E-state index contributed by atoms with van der Waals surface area (Å²) in [4.78, 5) is 16.2. The lowest BCUT2D eigenvalue weighted by Crippen LogP contribution is -2.25. The van der Waals surface area contributed by atoms with Crippen molar-refractivity contribution in [3.63, 3.8) is 0 Å². The second-order valence-corrected chi connectivity index (χ2v) is 10.0. The number of hydrogen-bond donors (Lipinski definition) is 2. The van der Waals surface area contributed by atoms with Gasteiger partial charge >= 0.3 is 0 Å². The van der Waals surface area contributed by atoms with Gasteiger partial charge in [-0.3, -0.25) is 15.5 Å². The van der Waals surface area contributed by atoms with Crippen LogP contribution in [0, 0.1) is 17.0 Å². The van der Waals surface area contributed by atoms with E-state index in [1.165, 1.54) is 23.5 Å². The van der Waals surface area contributed by atoms with Gasteiger partial charge in [0.05, 0.1) is 26.9 Å². The Bertz CT molecular complexity index is 1730. The fraction of sp³-hybridized carbons (Fsp3) is 0.0345. The first-order valence-electron chi connectivity index (χ1n) is 12.1. The van der Waals surface area contributed by atoms with Gasteiger partial charge in [0.2, 0.25) is 5.13 Å². The van der Waals surface area contributed by atoms with Crippen molar-refractivity contribution in [3.8, 4) is 27.6 Å². The second-order valence-electron chi connectivity index (χ2n) is 8.62. The van der Waals surface area contributed by atoms with Crippen molar-refractivity contribution in [2.75, 3.05) is 0 Å². The molecular weight excluding hydrogens is 543 g/mol. The number of hydrazone groups is 1. The maximum atomic E-state index is 11.0. The molecule has 5 rings (SSSR count). The lowest BCUT2D eigenvalue weighted by molar-refractivity contribution is -0.384. The van der Waals surface area contributed by atoms with E-state index < -0.39 is 4.92 Å². The summed E-state index contributed by atoms with van der Waals surface area (Å²) < 4.78 is 1.84. The summed E-state index contributed by atoms with van der Waals surface area (Å²) in [6.45, 7) is 1.90. The van der Waals surface area contributed by atoms with Crippen LogP contribution in [0.4, 0.5) is 5.69 Å². The van der Waals surface area contributed by atoms with Gasteiger partial charge in [-0.1, -0.05) is 78.1 Å². The molecule has 2 heterocycles. The average molecular weight is 566 g/mol. The summed E-state index contributed by atoms with van der Waals surface area (Å²) in [5, 5.41) is 21.0. The maximum absolute atomic E-state index is 11.0. The van der Waals surface area contributed by atoms with E-state index in [1.807, 2.05) is 72.3 Å². The van der Waals surface area contributed by atoms with Crippen LogP contribution in [0.2, 0.25) is 0 Å². The fourth-order valence-electron chi connectivity index (χ4n) is 3.96. The van der Waals surface area contributed by atoms with Crippen LogP contribution in [0.5, 0.6) is 0 Å². The van der Waals surface area contributed by atoms with Crippen molar-refractivity contribution in [1.29, 1.82) is 0 Å². The minimum atomic E-state index is -0.434. The fourth-order valence-corrected chi connectivity index (χ4v) is 5.01. The summed E-state index contributed by atoms with van der Waals surface area (Å²) in [6.07, 6.45) is 3.59. The molecule has 0 unspecified atom stereocenters. The van der Waals surface area contributed by atoms with E-state index >= 15 is 0 Å². The minimum absolute atomic E-state index is 0.0208. The molecule has 9 nitrogen and oxygen atoms in total. The number of benzene rings is 3. The number of nitrogens with two attached hydrogens (primary N) is 1. The predicted molar refractivity (Wildman–Crippen MR) is 163 cm³/mol. The van der Waals surface area contributed by atoms with Gasteiger partial charge in [0, 0.05) is 23.3 Å². The third-order valence-corrected chi connectivity index (χ3v) is 7.12. The first kappa shape index (κ1) is 26.6. The Morgan fingerprint density at radius 1 is 1.05 bits per heavy atom. The number of hydrogen-bond acceptors (Lipinski definition) is 7. The molecule has 2 aromatic heterocycles. The van der Waals surface area contributed by atoms with Crippen LogP contribution in [0.15, 0.2) is 102 Å². The molecule has 0 fully saturated rings. The van der Waals surface area contributed by atoms with E-state index in [0.29, 0.717) is 10.8 Å². The number of aryl methyl sites for hydroxylation is 1. The number of aromatic nitrogens is 3. The number of rotatable bonds is 8. The van der Waals surface area contributed by atoms with E-state index in [9.17, 15) is 10.1 Å².